The number of nitrogens with one attached hydrogen (secondary N) is 1. The summed E-state index contributed by atoms with van der Waals surface area (Å²) >= 11 is 0. The van der Waals surface area contributed by atoms with E-state index in [0.29, 0.717) is 0 Å². The van der Waals surface area contributed by atoms with Gasteiger partial charge in [-0.25, -0.2) is 4.98 Å². The molecule has 3 aromatic carbocycles. The van der Waals surface area contributed by atoms with Crippen molar-refractivity contribution in [3.8, 4) is 0 Å². The Hall–Kier alpha value is -3.44. The van der Waals surface area contributed by atoms with Gasteiger partial charge in [-0.05, 0) is 29.7 Å². The minimum absolute atomic E-state index is 0.824. The lowest BCUT2D eigenvalue weighted by Gasteiger charge is -2.35. The summed E-state index contributed by atoms with van der Waals surface area (Å²) < 4.78 is 0. The summed E-state index contributed by atoms with van der Waals surface area (Å²) in [5, 5.41) is 4.64. The molecule has 1 aliphatic rings. The number of fused-ring (bicyclic) bond motifs is 1. The average Bonchev–Trinajstić information content (AvgIpc) is 2.86. The average molecular weight is 424 g/mol. The van der Waals surface area contributed by atoms with Crippen LogP contribution >= 0.6 is 0 Å². The molecule has 5 heteroatoms. The van der Waals surface area contributed by atoms with Crippen LogP contribution in [0.2, 0.25) is 0 Å². The van der Waals surface area contributed by atoms with Crippen LogP contribution in [0.5, 0.6) is 0 Å². The zero-order chi connectivity index (χ0) is 21.6. The Morgan fingerprint density at radius 3 is 2.09 bits per heavy atom. The van der Waals surface area contributed by atoms with E-state index in [-0.39, 0.29) is 0 Å². The van der Waals surface area contributed by atoms with E-state index in [4.69, 9.17) is 9.97 Å². The third-order valence-corrected chi connectivity index (χ3v) is 6.04. The SMILES string of the molecule is c1ccc(CCNc2nc(N3CCN(Cc4ccccc4)CC3)nc3ccccc23)cc1. The summed E-state index contributed by atoms with van der Waals surface area (Å²) in [6.45, 7) is 5.75. The van der Waals surface area contributed by atoms with Crippen molar-refractivity contribution < 1.29 is 0 Å². The van der Waals surface area contributed by atoms with Crippen molar-refractivity contribution in [1.29, 1.82) is 0 Å². The van der Waals surface area contributed by atoms with E-state index in [1.54, 1.807) is 0 Å². The van der Waals surface area contributed by atoms with Gasteiger partial charge in [-0.3, -0.25) is 4.90 Å². The van der Waals surface area contributed by atoms with Gasteiger partial charge >= 0.3 is 0 Å². The maximum absolute atomic E-state index is 4.95. The van der Waals surface area contributed by atoms with Crippen LogP contribution < -0.4 is 10.2 Å². The highest BCUT2D eigenvalue weighted by molar-refractivity contribution is 5.90. The van der Waals surface area contributed by atoms with Crippen LogP contribution in [0.15, 0.2) is 84.9 Å². The minimum atomic E-state index is 0.824. The molecule has 32 heavy (non-hydrogen) atoms. The van der Waals surface area contributed by atoms with E-state index < -0.39 is 0 Å². The fraction of sp³-hybridized carbons (Fsp3) is 0.259. The van der Waals surface area contributed by atoms with Gasteiger partial charge in [0.2, 0.25) is 5.95 Å². The standard InChI is InChI=1S/C27H29N5/c1-3-9-22(10-4-1)15-16-28-26-24-13-7-8-14-25(24)29-27(30-26)32-19-17-31(18-20-32)21-23-11-5-2-6-12-23/h1-14H,15-21H2,(H,28,29,30). The molecule has 0 bridgehead atoms. The number of rotatable bonds is 7. The summed E-state index contributed by atoms with van der Waals surface area (Å²) in [4.78, 5) is 14.7. The third kappa shape index (κ3) is 4.89. The molecule has 162 valence electrons. The number of benzene rings is 3. The van der Waals surface area contributed by atoms with E-state index in [2.05, 4.69) is 94.0 Å². The third-order valence-electron chi connectivity index (χ3n) is 6.04. The fourth-order valence-corrected chi connectivity index (χ4v) is 4.26. The highest BCUT2D eigenvalue weighted by Gasteiger charge is 2.20. The highest BCUT2D eigenvalue weighted by atomic mass is 15.3. The van der Waals surface area contributed by atoms with E-state index >= 15 is 0 Å². The molecule has 1 N–H and O–H groups in total. The van der Waals surface area contributed by atoms with Gasteiger partial charge in [0.15, 0.2) is 0 Å². The second-order valence-electron chi connectivity index (χ2n) is 8.30. The van der Waals surface area contributed by atoms with Gasteiger partial charge in [-0.15, -0.1) is 0 Å². The monoisotopic (exact) mass is 423 g/mol. The quantitative estimate of drug-likeness (QED) is 0.470. The molecule has 2 heterocycles. The van der Waals surface area contributed by atoms with Gasteiger partial charge in [0.05, 0.1) is 5.52 Å². The Bertz CT molecular complexity index is 1140. The van der Waals surface area contributed by atoms with Crippen molar-refractivity contribution in [2.24, 2.45) is 0 Å². The molecule has 4 aromatic rings. The smallest absolute Gasteiger partial charge is 0.227 e. The molecule has 1 saturated heterocycles. The summed E-state index contributed by atoms with van der Waals surface area (Å²) in [7, 11) is 0. The van der Waals surface area contributed by atoms with E-state index in [0.717, 1.165) is 68.4 Å². The molecule has 1 aromatic heterocycles. The Morgan fingerprint density at radius 1 is 0.688 bits per heavy atom. The first-order chi connectivity index (χ1) is 15.8. The molecule has 0 amide bonds. The molecule has 0 atom stereocenters. The number of piperazine rings is 1. The van der Waals surface area contributed by atoms with Crippen LogP contribution in [-0.4, -0.2) is 47.6 Å². The zero-order valence-corrected chi connectivity index (χ0v) is 18.3. The molecule has 5 nitrogen and oxygen atoms in total. The van der Waals surface area contributed by atoms with Gasteiger partial charge < -0.3 is 10.2 Å². The van der Waals surface area contributed by atoms with Crippen molar-refractivity contribution in [2.45, 2.75) is 13.0 Å². The lowest BCUT2D eigenvalue weighted by Crippen LogP contribution is -2.46. The highest BCUT2D eigenvalue weighted by Crippen LogP contribution is 2.24. The summed E-state index contributed by atoms with van der Waals surface area (Å²) in [5.41, 5.74) is 3.69. The van der Waals surface area contributed by atoms with Crippen LogP contribution in [0, 0.1) is 0 Å². The first-order valence-electron chi connectivity index (χ1n) is 11.4. The predicted molar refractivity (Wildman–Crippen MR) is 132 cm³/mol. The number of hydrogen-bond acceptors (Lipinski definition) is 5. The van der Waals surface area contributed by atoms with Crippen molar-refractivity contribution in [2.75, 3.05) is 42.9 Å². The largest absolute Gasteiger partial charge is 0.369 e. The van der Waals surface area contributed by atoms with Crippen LogP contribution in [0.4, 0.5) is 11.8 Å². The van der Waals surface area contributed by atoms with Crippen LogP contribution in [0.25, 0.3) is 10.9 Å². The maximum Gasteiger partial charge on any atom is 0.227 e. The van der Waals surface area contributed by atoms with Gasteiger partial charge in [0.25, 0.3) is 0 Å². The molecule has 0 aliphatic carbocycles. The molecule has 0 radical (unpaired) electrons. The molecule has 0 unspecified atom stereocenters. The molecular formula is C27H29N5. The summed E-state index contributed by atoms with van der Waals surface area (Å²) in [6.07, 6.45) is 0.965. The summed E-state index contributed by atoms with van der Waals surface area (Å²) in [6, 6.07) is 29.5. The molecule has 0 spiro atoms. The van der Waals surface area contributed by atoms with Gasteiger partial charge in [-0.1, -0.05) is 72.8 Å². The fourth-order valence-electron chi connectivity index (χ4n) is 4.26. The number of hydrogen-bond donors (Lipinski definition) is 1. The van der Waals surface area contributed by atoms with Crippen molar-refractivity contribution >= 4 is 22.7 Å². The second kappa shape index (κ2) is 9.79. The zero-order valence-electron chi connectivity index (χ0n) is 18.3. The minimum Gasteiger partial charge on any atom is -0.369 e. The van der Waals surface area contributed by atoms with Crippen LogP contribution in [0.1, 0.15) is 11.1 Å². The van der Waals surface area contributed by atoms with E-state index in [1.165, 1.54) is 11.1 Å². The lowest BCUT2D eigenvalue weighted by molar-refractivity contribution is 0.249. The number of para-hydroxylation sites is 1. The topological polar surface area (TPSA) is 44.3 Å². The Morgan fingerprint density at radius 2 is 1.34 bits per heavy atom. The van der Waals surface area contributed by atoms with E-state index in [1.807, 2.05) is 6.07 Å². The van der Waals surface area contributed by atoms with Gasteiger partial charge in [-0.2, -0.15) is 4.98 Å². The lowest BCUT2D eigenvalue weighted by atomic mass is 10.1. The normalized spacial score (nSPS) is 14.6. The Labute approximate surface area is 189 Å². The molecular weight excluding hydrogens is 394 g/mol. The first-order valence-corrected chi connectivity index (χ1v) is 11.4. The molecule has 0 saturated carbocycles. The first kappa shape index (κ1) is 20.5. The summed E-state index contributed by atoms with van der Waals surface area (Å²) in [5.74, 6) is 1.75. The maximum atomic E-state index is 4.95. The Balaban J connectivity index is 1.28. The molecule has 1 aliphatic heterocycles. The van der Waals surface area contributed by atoms with Gasteiger partial charge in [0.1, 0.15) is 5.82 Å². The van der Waals surface area contributed by atoms with Crippen LogP contribution in [-0.2, 0) is 13.0 Å². The van der Waals surface area contributed by atoms with Crippen LogP contribution in [0.3, 0.4) is 0 Å². The predicted octanol–water partition coefficient (Wildman–Crippen LogP) is 4.61. The number of nitrogens with zero attached hydrogens (tertiary/aromatic N) is 4. The van der Waals surface area contributed by atoms with Crippen molar-refractivity contribution in [3.05, 3.63) is 96.1 Å². The Kier molecular flexibility index (Phi) is 6.26. The molecule has 5 rings (SSSR count). The second-order valence-corrected chi connectivity index (χ2v) is 8.30. The van der Waals surface area contributed by atoms with Crippen molar-refractivity contribution in [3.63, 3.8) is 0 Å². The number of aromatic nitrogens is 2. The van der Waals surface area contributed by atoms with E-state index in [9.17, 15) is 0 Å². The molecule has 1 fully saturated rings. The number of anilines is 2. The van der Waals surface area contributed by atoms with Crippen molar-refractivity contribution in [1.82, 2.24) is 14.9 Å². The van der Waals surface area contributed by atoms with Gasteiger partial charge in [0, 0.05) is 44.7 Å².